The molecule has 0 spiro atoms. The van der Waals surface area contributed by atoms with E-state index in [-0.39, 0.29) is 5.92 Å². The number of para-hydroxylation sites is 2. The average Bonchev–Trinajstić information content (AvgIpc) is 4.15. The normalized spacial score (nSPS) is 15.8. The molecule has 2 unspecified atom stereocenters. The van der Waals surface area contributed by atoms with Crippen molar-refractivity contribution in [3.63, 3.8) is 0 Å². The van der Waals surface area contributed by atoms with E-state index in [9.17, 15) is 0 Å². The smallest absolute Gasteiger partial charge is 0.0999 e. The maximum absolute atomic E-state index is 2.58. The molecule has 0 bridgehead atoms. The highest BCUT2D eigenvalue weighted by molar-refractivity contribution is 7.14. The van der Waals surface area contributed by atoms with Gasteiger partial charge in [0.25, 0.3) is 0 Å². The third kappa shape index (κ3) is 7.60. The fourth-order valence-electron chi connectivity index (χ4n) is 9.93. The summed E-state index contributed by atoms with van der Waals surface area (Å²) in [4.78, 5) is 4.71. The van der Waals surface area contributed by atoms with E-state index in [4.69, 9.17) is 0 Å². The van der Waals surface area contributed by atoms with Gasteiger partial charge in [-0.15, -0.1) is 22.7 Å². The first-order valence-electron chi connectivity index (χ1n) is 22.4. The first kappa shape index (κ1) is 41.0. The lowest BCUT2D eigenvalue weighted by atomic mass is 9.54. The van der Waals surface area contributed by atoms with Gasteiger partial charge in [-0.05, 0) is 134 Å². The largest absolute Gasteiger partial charge is 0.302 e. The summed E-state index contributed by atoms with van der Waals surface area (Å²) in [6.07, 6.45) is 2.58. The summed E-state index contributed by atoms with van der Waals surface area (Å²) in [6.45, 7) is 0. The molecule has 0 saturated heterocycles. The van der Waals surface area contributed by atoms with Gasteiger partial charge in [-0.1, -0.05) is 188 Å². The topological polar surface area (TPSA) is 6.48 Å². The summed E-state index contributed by atoms with van der Waals surface area (Å²) in [5.74, 6) is -0.112. The number of nitrogens with zero attached hydrogens (tertiary/aromatic N) is 2. The minimum Gasteiger partial charge on any atom is -0.302 e. The zero-order valence-electron chi connectivity index (χ0n) is 36.3. The first-order valence-corrected chi connectivity index (χ1v) is 24.2. The number of thiophene rings is 2. The van der Waals surface area contributed by atoms with Crippen LogP contribution in [-0.4, -0.2) is 0 Å². The van der Waals surface area contributed by atoms with Crippen molar-refractivity contribution in [3.8, 4) is 0 Å². The van der Waals surface area contributed by atoms with Crippen molar-refractivity contribution in [2.45, 2.75) is 11.3 Å². The summed E-state index contributed by atoms with van der Waals surface area (Å²) in [5.41, 5.74) is 14.7. The molecule has 2 nitrogen and oxygen atoms in total. The van der Waals surface area contributed by atoms with Crippen LogP contribution in [0.3, 0.4) is 0 Å². The monoisotopic (exact) mass is 882 g/mol. The zero-order valence-corrected chi connectivity index (χ0v) is 37.9. The Morgan fingerprint density at radius 3 is 1.23 bits per heavy atom. The van der Waals surface area contributed by atoms with Crippen molar-refractivity contribution in [1.82, 2.24) is 0 Å². The molecule has 0 saturated carbocycles. The molecule has 2 aromatic heterocycles. The average molecular weight is 883 g/mol. The molecule has 316 valence electrons. The van der Waals surface area contributed by atoms with E-state index < -0.39 is 5.41 Å². The number of hydrogen-bond donors (Lipinski definition) is 0. The molecule has 0 aliphatic heterocycles. The Morgan fingerprint density at radius 2 is 0.742 bits per heavy atom. The minimum absolute atomic E-state index is 0.112. The van der Waals surface area contributed by atoms with Gasteiger partial charge in [0.05, 0.1) is 15.4 Å². The lowest BCUT2D eigenvalue weighted by Crippen LogP contribution is -2.39. The Morgan fingerprint density at radius 1 is 0.333 bits per heavy atom. The van der Waals surface area contributed by atoms with E-state index in [0.29, 0.717) is 0 Å². The molecule has 4 heteroatoms. The Bertz CT molecular complexity index is 3190. The van der Waals surface area contributed by atoms with Gasteiger partial charge in [0.2, 0.25) is 0 Å². The van der Waals surface area contributed by atoms with Gasteiger partial charge in [-0.3, -0.25) is 0 Å². The quantitative estimate of drug-likeness (QED) is 0.121. The number of anilines is 6. The van der Waals surface area contributed by atoms with Gasteiger partial charge < -0.3 is 9.80 Å². The predicted molar refractivity (Wildman–Crippen MR) is 282 cm³/mol. The molecular weight excluding hydrogens is 837 g/mol. The van der Waals surface area contributed by atoms with Crippen LogP contribution in [0.4, 0.5) is 32.8 Å². The lowest BCUT2D eigenvalue weighted by Gasteiger charge is -2.48. The van der Waals surface area contributed by atoms with Crippen LogP contribution in [0.1, 0.15) is 39.3 Å². The van der Waals surface area contributed by atoms with Crippen LogP contribution in [-0.2, 0) is 5.41 Å². The van der Waals surface area contributed by atoms with Crippen LogP contribution in [0.2, 0.25) is 0 Å². The van der Waals surface area contributed by atoms with E-state index in [0.717, 1.165) is 28.3 Å². The molecule has 2 atom stereocenters. The second-order valence-corrected chi connectivity index (χ2v) is 18.3. The molecule has 0 radical (unpaired) electrons. The Labute approximate surface area is 396 Å². The standard InChI is InChI=1S/C62H46N2S2/c1-7-21-47(22-8-1)57-45-56(46-35-39-54(40-36-46)63(58-33-19-43-65-58)52-29-15-5-16-30-52)60(48-23-9-2-10-24-48)61(49-25-11-3-12-26-49)62(57,50-27-13-4-14-28-50)51-37-41-55(42-38-51)64(59-34-20-44-66-59)53-31-17-6-18-32-53/h1-45,57H. The van der Waals surface area contributed by atoms with Crippen LogP contribution in [0.5, 0.6) is 0 Å². The highest BCUT2D eigenvalue weighted by Crippen LogP contribution is 2.61. The number of allylic oxidation sites excluding steroid dienone is 4. The van der Waals surface area contributed by atoms with Crippen LogP contribution in [0.15, 0.2) is 272 Å². The third-order valence-corrected chi connectivity index (χ3v) is 14.4. The molecule has 2 heterocycles. The number of benzene rings is 8. The summed E-state index contributed by atoms with van der Waals surface area (Å²) in [5, 5.41) is 6.64. The Kier molecular flexibility index (Phi) is 11.4. The van der Waals surface area contributed by atoms with Gasteiger partial charge in [0.1, 0.15) is 0 Å². The van der Waals surface area contributed by atoms with Crippen LogP contribution in [0.25, 0.3) is 16.7 Å². The Balaban J connectivity index is 1.19. The zero-order chi connectivity index (χ0) is 44.1. The van der Waals surface area contributed by atoms with E-state index in [2.05, 4.69) is 281 Å². The minimum atomic E-state index is -0.680. The number of hydrogen-bond acceptors (Lipinski definition) is 4. The van der Waals surface area contributed by atoms with Crippen LogP contribution >= 0.6 is 22.7 Å². The van der Waals surface area contributed by atoms with Crippen molar-refractivity contribution in [2.24, 2.45) is 0 Å². The molecule has 0 N–H and O–H groups in total. The third-order valence-electron chi connectivity index (χ3n) is 12.7. The van der Waals surface area contributed by atoms with E-state index >= 15 is 0 Å². The van der Waals surface area contributed by atoms with Crippen LogP contribution in [0, 0.1) is 0 Å². The second kappa shape index (κ2) is 18.4. The molecular formula is C62H46N2S2. The SMILES string of the molecule is C1=C(c2ccc(N(c3ccccc3)c3cccs3)cc2)C(c2ccccc2)=C(c2ccccc2)C(c2ccccc2)(c2ccc(N(c3ccccc3)c3cccs3)cc2)C1c1ccccc1. The van der Waals surface area contributed by atoms with Crippen molar-refractivity contribution in [3.05, 3.63) is 305 Å². The second-order valence-electron chi connectivity index (χ2n) is 16.5. The fraction of sp³-hybridized carbons (Fsp3) is 0.0323. The van der Waals surface area contributed by atoms with Gasteiger partial charge in [0, 0.05) is 28.7 Å². The molecule has 0 amide bonds. The van der Waals surface area contributed by atoms with Crippen molar-refractivity contribution in [2.75, 3.05) is 9.80 Å². The van der Waals surface area contributed by atoms with Gasteiger partial charge >= 0.3 is 0 Å². The lowest BCUT2D eigenvalue weighted by molar-refractivity contribution is 0.587. The molecule has 0 fully saturated rings. The van der Waals surface area contributed by atoms with E-state index in [1.54, 1.807) is 22.7 Å². The molecule has 11 rings (SSSR count). The highest BCUT2D eigenvalue weighted by atomic mass is 32.1. The summed E-state index contributed by atoms with van der Waals surface area (Å²) >= 11 is 3.50. The fourth-order valence-corrected chi connectivity index (χ4v) is 11.5. The first-order chi connectivity index (χ1) is 32.8. The van der Waals surface area contributed by atoms with Crippen LogP contribution < -0.4 is 9.80 Å². The van der Waals surface area contributed by atoms with Crippen molar-refractivity contribution < 1.29 is 0 Å². The Hall–Kier alpha value is -7.76. The summed E-state index contributed by atoms with van der Waals surface area (Å²) in [6, 6.07) is 93.2. The highest BCUT2D eigenvalue weighted by Gasteiger charge is 2.50. The van der Waals surface area contributed by atoms with Gasteiger partial charge in [-0.2, -0.15) is 0 Å². The molecule has 1 aliphatic carbocycles. The molecule has 66 heavy (non-hydrogen) atoms. The van der Waals surface area contributed by atoms with Crippen molar-refractivity contribution in [1.29, 1.82) is 0 Å². The summed E-state index contributed by atoms with van der Waals surface area (Å²) in [7, 11) is 0. The van der Waals surface area contributed by atoms with E-state index in [1.165, 1.54) is 54.5 Å². The predicted octanol–water partition coefficient (Wildman–Crippen LogP) is 17.5. The molecule has 1 aliphatic rings. The summed E-state index contributed by atoms with van der Waals surface area (Å²) < 4.78 is 0. The van der Waals surface area contributed by atoms with Gasteiger partial charge in [-0.25, -0.2) is 0 Å². The molecule has 8 aromatic carbocycles. The molecule has 10 aromatic rings. The maximum atomic E-state index is 2.58. The van der Waals surface area contributed by atoms with Gasteiger partial charge in [0.15, 0.2) is 0 Å². The van der Waals surface area contributed by atoms with E-state index in [1.807, 2.05) is 0 Å². The van der Waals surface area contributed by atoms with Crippen molar-refractivity contribution >= 4 is 72.1 Å². The number of rotatable bonds is 12. The maximum Gasteiger partial charge on any atom is 0.0999 e.